The largest absolute Gasteiger partial charge is 0.360 e. The monoisotopic (exact) mass is 333 g/mol. The summed E-state index contributed by atoms with van der Waals surface area (Å²) in [7, 11) is 2.08. The van der Waals surface area contributed by atoms with E-state index in [0.29, 0.717) is 13.2 Å². The minimum atomic E-state index is -0.292. The molecule has 1 aliphatic heterocycles. The molecule has 0 spiro atoms. The van der Waals surface area contributed by atoms with E-state index in [1.165, 1.54) is 0 Å². The van der Waals surface area contributed by atoms with Crippen LogP contribution in [-0.2, 0) is 11.3 Å². The fourth-order valence-electron chi connectivity index (χ4n) is 2.86. The van der Waals surface area contributed by atoms with Crippen molar-refractivity contribution < 1.29 is 4.74 Å². The Hall–Kier alpha value is -1.60. The fourth-order valence-corrected chi connectivity index (χ4v) is 3.13. The van der Waals surface area contributed by atoms with Crippen molar-refractivity contribution in [2.75, 3.05) is 26.7 Å². The van der Waals surface area contributed by atoms with Crippen molar-refractivity contribution in [3.05, 3.63) is 54.4 Å². The molecule has 2 aromatic heterocycles. The number of rotatable bonds is 5. The minimum Gasteiger partial charge on any atom is -0.360 e. The van der Waals surface area contributed by atoms with Crippen molar-refractivity contribution >= 4 is 11.6 Å². The molecule has 122 valence electrons. The summed E-state index contributed by atoms with van der Waals surface area (Å²) in [5, 5.41) is 0. The quantitative estimate of drug-likeness (QED) is 0.779. The second-order valence-corrected chi connectivity index (χ2v) is 6.05. The standard InChI is InChI=1S/C16H20ClN5O/c1-21(10-13-3-2-5-18-9-13)16(14-4-6-19-12-20-14)22-7-8-23-15(17)11-22/h2-6,9,12,15-16H,7-8,10-11H2,1H3. The summed E-state index contributed by atoms with van der Waals surface area (Å²) in [4.78, 5) is 17.2. The van der Waals surface area contributed by atoms with Crippen LogP contribution in [0.15, 0.2) is 43.1 Å². The van der Waals surface area contributed by atoms with Gasteiger partial charge < -0.3 is 4.74 Å². The number of hydrogen-bond acceptors (Lipinski definition) is 6. The molecule has 2 unspecified atom stereocenters. The van der Waals surface area contributed by atoms with Gasteiger partial charge in [0, 0.05) is 38.2 Å². The molecule has 3 heterocycles. The SMILES string of the molecule is CN(Cc1cccnc1)C(c1ccncn1)N1CCOC(Cl)C1. The van der Waals surface area contributed by atoms with Gasteiger partial charge in [-0.25, -0.2) is 9.97 Å². The number of morpholine rings is 1. The predicted molar refractivity (Wildman–Crippen MR) is 87.6 cm³/mol. The van der Waals surface area contributed by atoms with Gasteiger partial charge >= 0.3 is 0 Å². The first-order valence-corrected chi connectivity index (χ1v) is 8.02. The van der Waals surface area contributed by atoms with Crippen LogP contribution in [-0.4, -0.2) is 57.1 Å². The van der Waals surface area contributed by atoms with Crippen LogP contribution in [0.4, 0.5) is 0 Å². The molecule has 0 aliphatic carbocycles. The lowest BCUT2D eigenvalue weighted by Gasteiger charge is -2.40. The molecule has 3 rings (SSSR count). The molecule has 7 heteroatoms. The Labute approximate surface area is 141 Å². The van der Waals surface area contributed by atoms with Gasteiger partial charge in [-0.1, -0.05) is 17.7 Å². The van der Waals surface area contributed by atoms with Gasteiger partial charge in [-0.05, 0) is 24.7 Å². The van der Waals surface area contributed by atoms with Crippen molar-refractivity contribution in [2.24, 2.45) is 0 Å². The van der Waals surface area contributed by atoms with E-state index in [9.17, 15) is 0 Å². The highest BCUT2D eigenvalue weighted by molar-refractivity contribution is 6.19. The van der Waals surface area contributed by atoms with E-state index in [2.05, 4.69) is 37.9 Å². The summed E-state index contributed by atoms with van der Waals surface area (Å²) in [6, 6.07) is 5.97. The molecule has 23 heavy (non-hydrogen) atoms. The van der Waals surface area contributed by atoms with Gasteiger partial charge in [-0.15, -0.1) is 0 Å². The molecule has 0 N–H and O–H groups in total. The van der Waals surface area contributed by atoms with Crippen LogP contribution in [0.3, 0.4) is 0 Å². The molecular formula is C16H20ClN5O. The molecule has 1 aliphatic rings. The Morgan fingerprint density at radius 1 is 1.39 bits per heavy atom. The lowest BCUT2D eigenvalue weighted by atomic mass is 10.2. The second-order valence-electron chi connectivity index (χ2n) is 5.56. The van der Waals surface area contributed by atoms with E-state index in [-0.39, 0.29) is 11.7 Å². The zero-order chi connectivity index (χ0) is 16.1. The summed E-state index contributed by atoms with van der Waals surface area (Å²) in [5.41, 5.74) is 1.82. The van der Waals surface area contributed by atoms with Crippen molar-refractivity contribution in [1.82, 2.24) is 24.8 Å². The zero-order valence-corrected chi connectivity index (χ0v) is 13.8. The van der Waals surface area contributed by atoms with Crippen molar-refractivity contribution in [2.45, 2.75) is 18.3 Å². The summed E-state index contributed by atoms with van der Waals surface area (Å²) in [5.74, 6) is 0. The number of aromatic nitrogens is 3. The summed E-state index contributed by atoms with van der Waals surface area (Å²) < 4.78 is 5.45. The number of ether oxygens (including phenoxy) is 1. The lowest BCUT2D eigenvalue weighted by Crippen LogP contribution is -2.47. The maximum Gasteiger partial charge on any atom is 0.143 e. The molecule has 2 atom stereocenters. The van der Waals surface area contributed by atoms with Gasteiger partial charge in [-0.3, -0.25) is 14.8 Å². The van der Waals surface area contributed by atoms with Crippen LogP contribution in [0.25, 0.3) is 0 Å². The van der Waals surface area contributed by atoms with Gasteiger partial charge in [0.15, 0.2) is 0 Å². The normalized spacial score (nSPS) is 20.6. The van der Waals surface area contributed by atoms with Crippen LogP contribution in [0, 0.1) is 0 Å². The summed E-state index contributed by atoms with van der Waals surface area (Å²) >= 11 is 6.18. The summed E-state index contributed by atoms with van der Waals surface area (Å²) in [6.07, 6.45) is 7.04. The fraction of sp³-hybridized carbons (Fsp3) is 0.438. The molecule has 0 bridgehead atoms. The van der Waals surface area contributed by atoms with E-state index in [4.69, 9.17) is 16.3 Å². The van der Waals surface area contributed by atoms with Gasteiger partial charge in [0.2, 0.25) is 0 Å². The highest BCUT2D eigenvalue weighted by Gasteiger charge is 2.30. The van der Waals surface area contributed by atoms with Crippen LogP contribution in [0.5, 0.6) is 0 Å². The van der Waals surface area contributed by atoms with Gasteiger partial charge in [0.25, 0.3) is 0 Å². The smallest absolute Gasteiger partial charge is 0.143 e. The third kappa shape index (κ3) is 4.23. The van der Waals surface area contributed by atoms with Crippen LogP contribution < -0.4 is 0 Å². The first-order valence-electron chi connectivity index (χ1n) is 7.59. The number of halogens is 1. The van der Waals surface area contributed by atoms with Crippen molar-refractivity contribution in [1.29, 1.82) is 0 Å². The Balaban J connectivity index is 1.82. The molecule has 0 radical (unpaired) electrons. The number of nitrogens with zero attached hydrogens (tertiary/aromatic N) is 5. The maximum absolute atomic E-state index is 6.18. The molecular weight excluding hydrogens is 314 g/mol. The molecule has 1 saturated heterocycles. The van der Waals surface area contributed by atoms with E-state index < -0.39 is 0 Å². The predicted octanol–water partition coefficient (Wildman–Crippen LogP) is 1.90. The third-order valence-electron chi connectivity index (χ3n) is 3.84. The minimum absolute atomic E-state index is 0.0170. The van der Waals surface area contributed by atoms with Crippen molar-refractivity contribution in [3.8, 4) is 0 Å². The van der Waals surface area contributed by atoms with Gasteiger partial charge in [0.05, 0.1) is 12.3 Å². The van der Waals surface area contributed by atoms with Crippen LogP contribution in [0.1, 0.15) is 17.4 Å². The Morgan fingerprint density at radius 2 is 2.30 bits per heavy atom. The van der Waals surface area contributed by atoms with Crippen molar-refractivity contribution in [3.63, 3.8) is 0 Å². The Kier molecular flexibility index (Phi) is 5.51. The summed E-state index contributed by atoms with van der Waals surface area (Å²) in [6.45, 7) is 2.87. The first-order chi connectivity index (χ1) is 11.2. The molecule has 2 aromatic rings. The van der Waals surface area contributed by atoms with E-state index in [1.807, 2.05) is 18.3 Å². The van der Waals surface area contributed by atoms with Crippen LogP contribution in [0.2, 0.25) is 0 Å². The van der Waals surface area contributed by atoms with Gasteiger partial charge in [-0.2, -0.15) is 0 Å². The highest BCUT2D eigenvalue weighted by atomic mass is 35.5. The molecule has 1 fully saturated rings. The topological polar surface area (TPSA) is 54.4 Å². The maximum atomic E-state index is 6.18. The highest BCUT2D eigenvalue weighted by Crippen LogP contribution is 2.26. The molecule has 6 nitrogen and oxygen atoms in total. The number of pyridine rings is 1. The Bertz CT molecular complexity index is 600. The van der Waals surface area contributed by atoms with E-state index in [0.717, 1.165) is 24.3 Å². The zero-order valence-electron chi connectivity index (χ0n) is 13.0. The lowest BCUT2D eigenvalue weighted by molar-refractivity contribution is -0.0461. The molecule has 0 saturated carbocycles. The number of hydrogen-bond donors (Lipinski definition) is 0. The second kappa shape index (κ2) is 7.79. The molecule has 0 aromatic carbocycles. The van der Waals surface area contributed by atoms with E-state index >= 15 is 0 Å². The molecule has 0 amide bonds. The Morgan fingerprint density at radius 3 is 3.00 bits per heavy atom. The van der Waals surface area contributed by atoms with Crippen LogP contribution >= 0.6 is 11.6 Å². The third-order valence-corrected chi connectivity index (χ3v) is 4.11. The first kappa shape index (κ1) is 16.3. The average molecular weight is 334 g/mol. The van der Waals surface area contributed by atoms with E-state index in [1.54, 1.807) is 18.7 Å². The average Bonchev–Trinajstić information content (AvgIpc) is 2.57. The van der Waals surface area contributed by atoms with Gasteiger partial charge in [0.1, 0.15) is 18.1 Å². The number of alkyl halides is 1.